The van der Waals surface area contributed by atoms with Gasteiger partial charge in [0.05, 0.1) is 0 Å². The predicted molar refractivity (Wildman–Crippen MR) is 79.8 cm³/mol. The van der Waals surface area contributed by atoms with Gasteiger partial charge in [-0.05, 0) is 29.2 Å². The van der Waals surface area contributed by atoms with E-state index in [-0.39, 0.29) is 5.41 Å². The Morgan fingerprint density at radius 3 is 2.17 bits per heavy atom. The van der Waals surface area contributed by atoms with E-state index in [1.807, 2.05) is 6.08 Å². The molecule has 0 saturated carbocycles. The molecular weight excluding hydrogens is 216 g/mol. The molecule has 0 aliphatic heterocycles. The summed E-state index contributed by atoms with van der Waals surface area (Å²) in [6.07, 6.45) is 1.91. The molecule has 0 nitrogen and oxygen atoms in total. The largest absolute Gasteiger partial charge is 0.0985 e. The standard InChI is InChI=1S/C18H20/c1-5-15-11-12-17(13-14(15)2)18(3,4)16-9-7-6-8-10-16/h5-13H,1H2,2-4H3. The molecule has 0 N–H and O–H groups in total. The molecule has 0 radical (unpaired) electrons. The van der Waals surface area contributed by atoms with E-state index in [1.165, 1.54) is 22.3 Å². The van der Waals surface area contributed by atoms with Crippen LogP contribution in [0.15, 0.2) is 55.1 Å². The molecule has 2 aromatic rings. The third kappa shape index (κ3) is 2.24. The Balaban J connectivity index is 2.48. The van der Waals surface area contributed by atoms with Crippen LogP contribution in [0.2, 0.25) is 0 Å². The first kappa shape index (κ1) is 12.6. The van der Waals surface area contributed by atoms with E-state index in [2.05, 4.69) is 75.9 Å². The third-order valence-corrected chi connectivity index (χ3v) is 3.71. The summed E-state index contributed by atoms with van der Waals surface area (Å²) >= 11 is 0. The van der Waals surface area contributed by atoms with E-state index >= 15 is 0 Å². The van der Waals surface area contributed by atoms with Gasteiger partial charge in [-0.2, -0.15) is 0 Å². The van der Waals surface area contributed by atoms with Crippen LogP contribution < -0.4 is 0 Å². The smallest absolute Gasteiger partial charge is 0.0146 e. The summed E-state index contributed by atoms with van der Waals surface area (Å²) in [6.45, 7) is 10.5. The van der Waals surface area contributed by atoms with Crippen molar-refractivity contribution in [1.82, 2.24) is 0 Å². The van der Waals surface area contributed by atoms with Crippen molar-refractivity contribution in [2.75, 3.05) is 0 Å². The van der Waals surface area contributed by atoms with Gasteiger partial charge >= 0.3 is 0 Å². The maximum Gasteiger partial charge on any atom is 0.0146 e. The van der Waals surface area contributed by atoms with Gasteiger partial charge in [0, 0.05) is 5.41 Å². The number of aryl methyl sites for hydroxylation is 1. The predicted octanol–water partition coefficient (Wildman–Crippen LogP) is 4.96. The zero-order valence-electron chi connectivity index (χ0n) is 11.4. The Hall–Kier alpha value is -1.82. The Morgan fingerprint density at radius 1 is 0.944 bits per heavy atom. The molecule has 0 unspecified atom stereocenters. The van der Waals surface area contributed by atoms with Crippen LogP contribution in [0.25, 0.3) is 6.08 Å². The Bertz CT molecular complexity index is 548. The molecule has 0 aliphatic carbocycles. The first-order chi connectivity index (χ1) is 8.55. The fourth-order valence-corrected chi connectivity index (χ4v) is 2.31. The zero-order chi connectivity index (χ0) is 13.2. The lowest BCUT2D eigenvalue weighted by Crippen LogP contribution is -2.18. The fourth-order valence-electron chi connectivity index (χ4n) is 2.31. The van der Waals surface area contributed by atoms with Crippen molar-refractivity contribution in [2.24, 2.45) is 0 Å². The SMILES string of the molecule is C=Cc1ccc(C(C)(C)c2ccccc2)cc1C. The van der Waals surface area contributed by atoms with Gasteiger partial charge in [0.1, 0.15) is 0 Å². The molecule has 0 bridgehead atoms. The van der Waals surface area contributed by atoms with Crippen LogP contribution in [0, 0.1) is 6.92 Å². The maximum absolute atomic E-state index is 3.84. The van der Waals surface area contributed by atoms with Crippen molar-refractivity contribution < 1.29 is 0 Å². The summed E-state index contributed by atoms with van der Waals surface area (Å²) in [5, 5.41) is 0. The highest BCUT2D eigenvalue weighted by Crippen LogP contribution is 2.32. The number of hydrogen-bond acceptors (Lipinski definition) is 0. The molecular formula is C18H20. The quantitative estimate of drug-likeness (QED) is 0.706. The fraction of sp³-hybridized carbons (Fsp3) is 0.222. The summed E-state index contributed by atoms with van der Waals surface area (Å²) in [5.41, 5.74) is 5.22. The molecule has 0 heterocycles. The van der Waals surface area contributed by atoms with Crippen LogP contribution in [0.5, 0.6) is 0 Å². The Labute approximate surface area is 110 Å². The highest BCUT2D eigenvalue weighted by molar-refractivity contribution is 5.54. The molecule has 0 fully saturated rings. The van der Waals surface area contributed by atoms with Crippen molar-refractivity contribution in [3.05, 3.63) is 77.4 Å². The van der Waals surface area contributed by atoms with Crippen LogP contribution in [0.3, 0.4) is 0 Å². The second-order valence-corrected chi connectivity index (χ2v) is 5.27. The minimum Gasteiger partial charge on any atom is -0.0985 e. The van der Waals surface area contributed by atoms with Crippen LogP contribution >= 0.6 is 0 Å². The first-order valence-electron chi connectivity index (χ1n) is 6.35. The van der Waals surface area contributed by atoms with Gasteiger partial charge in [-0.15, -0.1) is 0 Å². The lowest BCUT2D eigenvalue weighted by atomic mass is 9.77. The second-order valence-electron chi connectivity index (χ2n) is 5.27. The minimum atomic E-state index is 0.0335. The van der Waals surface area contributed by atoms with Crippen LogP contribution in [0.4, 0.5) is 0 Å². The zero-order valence-corrected chi connectivity index (χ0v) is 11.4. The van der Waals surface area contributed by atoms with Gasteiger partial charge in [0.2, 0.25) is 0 Å². The van der Waals surface area contributed by atoms with Crippen molar-refractivity contribution >= 4 is 6.08 Å². The van der Waals surface area contributed by atoms with Crippen molar-refractivity contribution in [2.45, 2.75) is 26.2 Å². The van der Waals surface area contributed by atoms with Gasteiger partial charge in [-0.1, -0.05) is 75.0 Å². The van der Waals surface area contributed by atoms with Crippen molar-refractivity contribution in [3.63, 3.8) is 0 Å². The Kier molecular flexibility index (Phi) is 3.38. The molecule has 0 spiro atoms. The number of rotatable bonds is 3. The number of hydrogen-bond donors (Lipinski definition) is 0. The van der Waals surface area contributed by atoms with E-state index in [1.54, 1.807) is 0 Å². The molecule has 0 aromatic heterocycles. The highest BCUT2D eigenvalue weighted by atomic mass is 14.3. The summed E-state index contributed by atoms with van der Waals surface area (Å²) in [7, 11) is 0. The normalized spacial score (nSPS) is 11.3. The van der Waals surface area contributed by atoms with Crippen LogP contribution in [0.1, 0.15) is 36.1 Å². The number of benzene rings is 2. The van der Waals surface area contributed by atoms with Crippen molar-refractivity contribution in [1.29, 1.82) is 0 Å². The molecule has 92 valence electrons. The van der Waals surface area contributed by atoms with Gasteiger partial charge < -0.3 is 0 Å². The van der Waals surface area contributed by atoms with E-state index in [0.29, 0.717) is 0 Å². The van der Waals surface area contributed by atoms with Gasteiger partial charge in [0.15, 0.2) is 0 Å². The Morgan fingerprint density at radius 2 is 1.61 bits per heavy atom. The molecule has 2 rings (SSSR count). The molecule has 0 atom stereocenters. The highest BCUT2D eigenvalue weighted by Gasteiger charge is 2.22. The maximum atomic E-state index is 3.84. The van der Waals surface area contributed by atoms with Gasteiger partial charge in [0.25, 0.3) is 0 Å². The van der Waals surface area contributed by atoms with Crippen molar-refractivity contribution in [3.8, 4) is 0 Å². The summed E-state index contributed by atoms with van der Waals surface area (Å²) in [4.78, 5) is 0. The van der Waals surface area contributed by atoms with E-state index in [9.17, 15) is 0 Å². The second kappa shape index (κ2) is 4.81. The monoisotopic (exact) mass is 236 g/mol. The average molecular weight is 236 g/mol. The molecule has 0 amide bonds. The van der Waals surface area contributed by atoms with Gasteiger partial charge in [-0.3, -0.25) is 0 Å². The molecule has 18 heavy (non-hydrogen) atoms. The lowest BCUT2D eigenvalue weighted by molar-refractivity contribution is 0.640. The summed E-state index contributed by atoms with van der Waals surface area (Å²) < 4.78 is 0. The summed E-state index contributed by atoms with van der Waals surface area (Å²) in [6, 6.07) is 17.3. The lowest BCUT2D eigenvalue weighted by Gasteiger charge is -2.26. The van der Waals surface area contributed by atoms with E-state index < -0.39 is 0 Å². The molecule has 0 heteroatoms. The van der Waals surface area contributed by atoms with Crippen LogP contribution in [-0.2, 0) is 5.41 Å². The topological polar surface area (TPSA) is 0 Å². The molecule has 2 aromatic carbocycles. The minimum absolute atomic E-state index is 0.0335. The van der Waals surface area contributed by atoms with E-state index in [0.717, 1.165) is 0 Å². The first-order valence-corrected chi connectivity index (χ1v) is 6.35. The molecule has 0 saturated heterocycles. The van der Waals surface area contributed by atoms with Gasteiger partial charge in [-0.25, -0.2) is 0 Å². The van der Waals surface area contributed by atoms with E-state index in [4.69, 9.17) is 0 Å². The molecule has 0 aliphatic rings. The summed E-state index contributed by atoms with van der Waals surface area (Å²) in [5.74, 6) is 0. The van der Waals surface area contributed by atoms with Crippen LogP contribution in [-0.4, -0.2) is 0 Å². The average Bonchev–Trinajstić information content (AvgIpc) is 2.39. The third-order valence-electron chi connectivity index (χ3n) is 3.71.